The van der Waals surface area contributed by atoms with E-state index in [1.54, 1.807) is 0 Å². The molecule has 3 unspecified atom stereocenters. The van der Waals surface area contributed by atoms with Crippen LogP contribution in [0.5, 0.6) is 0 Å². The molecule has 0 fully saturated rings. The molecule has 0 aromatic carbocycles. The maximum absolute atomic E-state index is 12.5. The topological polar surface area (TPSA) is 172 Å². The van der Waals surface area contributed by atoms with Crippen LogP contribution in [0, 0.1) is 0 Å². The van der Waals surface area contributed by atoms with E-state index >= 15 is 0 Å². The third kappa shape index (κ3) is 31.7. The molecule has 0 rings (SSSR count). The van der Waals surface area contributed by atoms with Gasteiger partial charge in [0.25, 0.3) is 0 Å². The second-order valence-electron chi connectivity index (χ2n) is 13.1. The fourth-order valence-corrected chi connectivity index (χ4v) is 6.08. The van der Waals surface area contributed by atoms with Crippen molar-refractivity contribution in [3.63, 3.8) is 0 Å². The number of carbonyl (C=O) groups excluding carboxylic acids is 2. The summed E-state index contributed by atoms with van der Waals surface area (Å²) in [6.07, 6.45) is 28.2. The molecule has 0 bridgehead atoms. The summed E-state index contributed by atoms with van der Waals surface area (Å²) in [5.41, 5.74) is 5.29. The van der Waals surface area contributed by atoms with Crippen LogP contribution in [0.3, 0.4) is 0 Å². The lowest BCUT2D eigenvalue weighted by molar-refractivity contribution is -0.161. The molecular formula is C36H70NO10P. The summed E-state index contributed by atoms with van der Waals surface area (Å²) in [4.78, 5) is 45.3. The van der Waals surface area contributed by atoms with Crippen molar-refractivity contribution >= 4 is 25.7 Å². The molecule has 0 saturated carbocycles. The van der Waals surface area contributed by atoms with Gasteiger partial charge in [0.15, 0.2) is 6.10 Å². The van der Waals surface area contributed by atoms with Gasteiger partial charge >= 0.3 is 25.7 Å². The van der Waals surface area contributed by atoms with E-state index in [2.05, 4.69) is 18.4 Å². The smallest absolute Gasteiger partial charge is 0.472 e. The van der Waals surface area contributed by atoms with E-state index in [9.17, 15) is 23.8 Å². The molecule has 0 aromatic rings. The number of phosphoric ester groups is 1. The van der Waals surface area contributed by atoms with Gasteiger partial charge in [0.1, 0.15) is 12.6 Å². The average molecular weight is 708 g/mol. The molecule has 0 radical (unpaired) electrons. The first kappa shape index (κ1) is 46.5. The third-order valence-corrected chi connectivity index (χ3v) is 9.31. The molecule has 3 atom stereocenters. The number of carboxylic acid groups (broad SMARTS) is 1. The summed E-state index contributed by atoms with van der Waals surface area (Å²) < 4.78 is 32.3. The summed E-state index contributed by atoms with van der Waals surface area (Å²) in [5, 5.41) is 8.81. The van der Waals surface area contributed by atoms with Crippen molar-refractivity contribution in [2.45, 2.75) is 193 Å². The maximum atomic E-state index is 12.5. The number of nitrogens with two attached hydrogens (primary N) is 1. The fraction of sp³-hybridized carbons (Fsp3) is 0.917. The van der Waals surface area contributed by atoms with E-state index in [4.69, 9.17) is 24.8 Å². The summed E-state index contributed by atoms with van der Waals surface area (Å²) >= 11 is 0. The molecule has 284 valence electrons. The van der Waals surface area contributed by atoms with E-state index in [-0.39, 0.29) is 19.4 Å². The third-order valence-electron chi connectivity index (χ3n) is 8.36. The van der Waals surface area contributed by atoms with Crippen LogP contribution in [0.2, 0.25) is 0 Å². The van der Waals surface area contributed by atoms with Crippen LogP contribution in [-0.4, -0.2) is 59.9 Å². The largest absolute Gasteiger partial charge is 0.480 e. The minimum atomic E-state index is -4.69. The van der Waals surface area contributed by atoms with Crippen molar-refractivity contribution in [2.24, 2.45) is 5.73 Å². The number of unbranched alkanes of at least 4 members (excludes halogenated alkanes) is 22. The lowest BCUT2D eigenvalue weighted by atomic mass is 10.0. The lowest BCUT2D eigenvalue weighted by Crippen LogP contribution is -2.34. The van der Waals surface area contributed by atoms with Gasteiger partial charge in [0, 0.05) is 12.8 Å². The first-order chi connectivity index (χ1) is 23.1. The molecule has 0 amide bonds. The van der Waals surface area contributed by atoms with Gasteiger partial charge in [-0.15, -0.1) is 0 Å². The van der Waals surface area contributed by atoms with Gasteiger partial charge in [-0.1, -0.05) is 155 Å². The fourth-order valence-electron chi connectivity index (χ4n) is 5.30. The van der Waals surface area contributed by atoms with E-state index in [1.807, 2.05) is 0 Å². The summed E-state index contributed by atoms with van der Waals surface area (Å²) in [7, 11) is -4.69. The van der Waals surface area contributed by atoms with Crippen LogP contribution in [0.25, 0.3) is 0 Å². The Hall–Kier alpha value is -1.52. The Morgan fingerprint density at radius 1 is 0.562 bits per heavy atom. The highest BCUT2D eigenvalue weighted by atomic mass is 31.2. The highest BCUT2D eigenvalue weighted by molar-refractivity contribution is 7.47. The zero-order chi connectivity index (χ0) is 35.7. The highest BCUT2D eigenvalue weighted by Crippen LogP contribution is 2.43. The molecule has 0 aliphatic heterocycles. The Morgan fingerprint density at radius 2 is 0.917 bits per heavy atom. The number of hydrogen-bond donors (Lipinski definition) is 3. The molecule has 0 spiro atoms. The molecule has 4 N–H and O–H groups in total. The van der Waals surface area contributed by atoms with Gasteiger partial charge in [-0.2, -0.15) is 0 Å². The Labute approximate surface area is 291 Å². The van der Waals surface area contributed by atoms with Crippen LogP contribution in [0.15, 0.2) is 0 Å². The van der Waals surface area contributed by atoms with Gasteiger partial charge in [-0.05, 0) is 12.8 Å². The van der Waals surface area contributed by atoms with Crippen LogP contribution >= 0.6 is 7.82 Å². The molecule has 0 aliphatic rings. The molecule has 0 aromatic heterocycles. The Balaban J connectivity index is 4.11. The Kier molecular flexibility index (Phi) is 31.6. The number of aliphatic carboxylic acids is 1. The van der Waals surface area contributed by atoms with Crippen molar-refractivity contribution in [1.82, 2.24) is 0 Å². The molecule has 0 aliphatic carbocycles. The van der Waals surface area contributed by atoms with Crippen LogP contribution in [0.4, 0.5) is 0 Å². The number of phosphoric acid groups is 1. The minimum Gasteiger partial charge on any atom is -0.480 e. The number of carboxylic acids is 1. The van der Waals surface area contributed by atoms with Crippen molar-refractivity contribution in [1.29, 1.82) is 0 Å². The molecule has 12 heteroatoms. The molecule has 0 heterocycles. The standard InChI is InChI=1S/C36H70NO10P/c1-3-5-7-9-10-11-12-13-14-15-16-17-18-19-20-21-22-23-24-26-28-35(39)47-32(29-44-34(38)27-25-8-6-4-2)30-45-48(42,43)46-31-33(37)36(40)41/h32-33H,3-31,37H2,1-2H3,(H,40,41)(H,42,43). The van der Waals surface area contributed by atoms with Crippen molar-refractivity contribution in [2.75, 3.05) is 19.8 Å². The van der Waals surface area contributed by atoms with Crippen molar-refractivity contribution < 1.29 is 47.5 Å². The normalized spacial score (nSPS) is 13.9. The predicted octanol–water partition coefficient (Wildman–Crippen LogP) is 9.17. The van der Waals surface area contributed by atoms with Gasteiger partial charge in [0.2, 0.25) is 0 Å². The SMILES string of the molecule is CCCCCCCCCCCCCCCCCCCCCCC(=O)OC(COC(=O)CCCCCC)COP(=O)(O)OCC(N)C(=O)O. The van der Waals surface area contributed by atoms with Gasteiger partial charge in [-0.3, -0.25) is 23.4 Å². The highest BCUT2D eigenvalue weighted by Gasteiger charge is 2.28. The van der Waals surface area contributed by atoms with Gasteiger partial charge < -0.3 is 25.2 Å². The molecular weight excluding hydrogens is 637 g/mol. The average Bonchev–Trinajstić information content (AvgIpc) is 3.05. The van der Waals surface area contributed by atoms with Crippen LogP contribution in [-0.2, 0) is 37.5 Å². The molecule has 0 saturated heterocycles. The summed E-state index contributed by atoms with van der Waals surface area (Å²) in [6, 6.07) is -1.51. The summed E-state index contributed by atoms with van der Waals surface area (Å²) in [6.45, 7) is 2.66. The monoisotopic (exact) mass is 707 g/mol. The zero-order valence-corrected chi connectivity index (χ0v) is 31.2. The first-order valence-corrected chi connectivity index (χ1v) is 20.6. The number of hydrogen-bond acceptors (Lipinski definition) is 9. The first-order valence-electron chi connectivity index (χ1n) is 19.1. The molecule has 48 heavy (non-hydrogen) atoms. The lowest BCUT2D eigenvalue weighted by Gasteiger charge is -2.20. The van der Waals surface area contributed by atoms with E-state index in [0.29, 0.717) is 12.8 Å². The van der Waals surface area contributed by atoms with Gasteiger partial charge in [-0.25, -0.2) is 4.57 Å². The minimum absolute atomic E-state index is 0.168. The van der Waals surface area contributed by atoms with Gasteiger partial charge in [0.05, 0.1) is 13.2 Å². The quantitative estimate of drug-likeness (QED) is 0.0322. The number of esters is 2. The van der Waals surface area contributed by atoms with Crippen LogP contribution < -0.4 is 5.73 Å². The number of rotatable bonds is 36. The maximum Gasteiger partial charge on any atom is 0.472 e. The Morgan fingerprint density at radius 3 is 1.33 bits per heavy atom. The second-order valence-corrected chi connectivity index (χ2v) is 14.5. The Bertz CT molecular complexity index is 844. The van der Waals surface area contributed by atoms with E-state index < -0.39 is 51.1 Å². The number of ether oxygens (including phenoxy) is 2. The zero-order valence-electron chi connectivity index (χ0n) is 30.3. The van der Waals surface area contributed by atoms with Crippen molar-refractivity contribution in [3.8, 4) is 0 Å². The van der Waals surface area contributed by atoms with E-state index in [1.165, 1.54) is 103 Å². The van der Waals surface area contributed by atoms with E-state index in [0.717, 1.165) is 38.5 Å². The van der Waals surface area contributed by atoms with Crippen LogP contribution in [0.1, 0.15) is 181 Å². The summed E-state index contributed by atoms with van der Waals surface area (Å²) in [5.74, 6) is -2.39. The second kappa shape index (κ2) is 32.7. The van der Waals surface area contributed by atoms with Crippen molar-refractivity contribution in [3.05, 3.63) is 0 Å². The molecule has 11 nitrogen and oxygen atoms in total. The number of carbonyl (C=O) groups is 3. The predicted molar refractivity (Wildman–Crippen MR) is 190 cm³/mol.